The van der Waals surface area contributed by atoms with Crippen LogP contribution in [0, 0.1) is 0 Å². The highest BCUT2D eigenvalue weighted by Crippen LogP contribution is 2.66. The number of fused-ring (bicyclic) bond motifs is 10. The third-order valence-electron chi connectivity index (χ3n) is 17.8. The SMILES string of the molecule is COc1ccc(N(c2cccc(OC)c2)c2ccc3c(c2)C2(c4cc(N(c5ccc(OC)cc5)c5cccc(OC)c5)ccc4-3)c3cc(N(c4ccc(OC)cc4)c4cccc(OC)c4)ccc3-c3ccc(N(c4ccc(OC)cc4)c4cccc(OC)c4)cc32)cc1. The Balaban J connectivity index is 1.11. The van der Waals surface area contributed by atoms with Crippen molar-refractivity contribution in [3.8, 4) is 68.2 Å². The minimum Gasteiger partial charge on any atom is -0.497 e. The second-order valence-electron chi connectivity index (χ2n) is 22.6. The normalized spacial score (nSPS) is 12.0. The second kappa shape index (κ2) is 24.9. The van der Waals surface area contributed by atoms with Crippen LogP contribution < -0.4 is 57.5 Å². The Kier molecular flexibility index (Phi) is 15.8. The van der Waals surface area contributed by atoms with E-state index in [1.54, 1.807) is 56.9 Å². The molecule has 0 radical (unpaired) electrons. The Bertz CT molecular complexity index is 4110. The van der Waals surface area contributed by atoms with Crippen molar-refractivity contribution >= 4 is 68.2 Å². The van der Waals surface area contributed by atoms with Crippen LogP contribution in [-0.2, 0) is 5.41 Å². The fourth-order valence-electron chi connectivity index (χ4n) is 13.4. The Morgan fingerprint density at radius 3 is 0.559 bits per heavy atom. The number of rotatable bonds is 20. The first-order valence-corrected chi connectivity index (χ1v) is 30.6. The molecule has 14 rings (SSSR count). The molecule has 1 spiro atoms. The van der Waals surface area contributed by atoms with E-state index < -0.39 is 5.41 Å². The van der Waals surface area contributed by atoms with Crippen LogP contribution in [0.3, 0.4) is 0 Å². The van der Waals surface area contributed by atoms with Crippen LogP contribution in [0.2, 0.25) is 0 Å². The average Bonchev–Trinajstić information content (AvgIpc) is 1.51. The van der Waals surface area contributed by atoms with Crippen molar-refractivity contribution in [3.63, 3.8) is 0 Å². The Labute approximate surface area is 542 Å². The minimum absolute atomic E-state index is 0.731. The molecule has 460 valence electrons. The maximum absolute atomic E-state index is 5.94. The van der Waals surface area contributed by atoms with Crippen LogP contribution in [0.25, 0.3) is 22.3 Å². The summed E-state index contributed by atoms with van der Waals surface area (Å²) < 4.78 is 46.8. The van der Waals surface area contributed by atoms with Gasteiger partial charge in [0.2, 0.25) is 0 Å². The lowest BCUT2D eigenvalue weighted by molar-refractivity contribution is 0.414. The third-order valence-corrected chi connectivity index (χ3v) is 17.8. The van der Waals surface area contributed by atoms with Gasteiger partial charge in [0.25, 0.3) is 0 Å². The molecule has 0 saturated heterocycles. The zero-order valence-corrected chi connectivity index (χ0v) is 53.0. The fourth-order valence-corrected chi connectivity index (χ4v) is 13.4. The summed E-state index contributed by atoms with van der Waals surface area (Å²) in [6.45, 7) is 0. The van der Waals surface area contributed by atoms with E-state index in [1.165, 1.54) is 0 Å². The van der Waals surface area contributed by atoms with Crippen molar-refractivity contribution in [2.45, 2.75) is 5.41 Å². The van der Waals surface area contributed by atoms with Gasteiger partial charge in [-0.2, -0.15) is 0 Å². The molecule has 2 aliphatic rings. The molecule has 12 aromatic rings. The third kappa shape index (κ3) is 10.5. The van der Waals surface area contributed by atoms with E-state index in [2.05, 4.69) is 189 Å². The van der Waals surface area contributed by atoms with Crippen molar-refractivity contribution in [2.24, 2.45) is 0 Å². The quantitative estimate of drug-likeness (QED) is 0.0728. The molecule has 0 aliphatic heterocycles. The zero-order valence-electron chi connectivity index (χ0n) is 53.0. The summed E-state index contributed by atoms with van der Waals surface area (Å²) in [7, 11) is 13.6. The molecule has 0 saturated carbocycles. The number of hydrogen-bond acceptors (Lipinski definition) is 12. The molecule has 0 heterocycles. The predicted octanol–water partition coefficient (Wildman–Crippen LogP) is 20.0. The lowest BCUT2D eigenvalue weighted by atomic mass is 9.70. The molecule has 0 aromatic heterocycles. The first kappa shape index (κ1) is 58.9. The van der Waals surface area contributed by atoms with Crippen molar-refractivity contribution in [1.82, 2.24) is 0 Å². The van der Waals surface area contributed by atoms with Gasteiger partial charge in [-0.3, -0.25) is 0 Å². The Morgan fingerprint density at radius 1 is 0.183 bits per heavy atom. The summed E-state index contributed by atoms with van der Waals surface area (Å²) in [6, 6.07) is 93.6. The van der Waals surface area contributed by atoms with Gasteiger partial charge in [0.15, 0.2) is 0 Å². The molecule has 0 bridgehead atoms. The van der Waals surface area contributed by atoms with E-state index in [1.807, 2.05) is 97.1 Å². The van der Waals surface area contributed by atoms with Crippen molar-refractivity contribution in [3.05, 3.63) is 289 Å². The van der Waals surface area contributed by atoms with E-state index >= 15 is 0 Å². The molecule has 0 atom stereocenters. The summed E-state index contributed by atoms with van der Waals surface area (Å²) in [5.41, 5.74) is 18.8. The van der Waals surface area contributed by atoms with Crippen molar-refractivity contribution < 1.29 is 37.9 Å². The molecule has 12 aromatic carbocycles. The van der Waals surface area contributed by atoms with Crippen LogP contribution in [0.4, 0.5) is 68.2 Å². The second-order valence-corrected chi connectivity index (χ2v) is 22.6. The number of methoxy groups -OCH3 is 8. The Hall–Kier alpha value is -11.8. The smallest absolute Gasteiger partial charge is 0.120 e. The van der Waals surface area contributed by atoms with E-state index in [9.17, 15) is 0 Å². The van der Waals surface area contributed by atoms with Gasteiger partial charge in [-0.05, 0) is 239 Å². The van der Waals surface area contributed by atoms with E-state index in [4.69, 9.17) is 37.9 Å². The highest BCUT2D eigenvalue weighted by Gasteiger charge is 2.53. The number of benzene rings is 12. The van der Waals surface area contributed by atoms with E-state index in [-0.39, 0.29) is 0 Å². The molecule has 0 amide bonds. The highest BCUT2D eigenvalue weighted by atomic mass is 16.5. The predicted molar refractivity (Wildman–Crippen MR) is 374 cm³/mol. The topological polar surface area (TPSA) is 86.8 Å². The average molecular weight is 1230 g/mol. The largest absolute Gasteiger partial charge is 0.497 e. The van der Waals surface area contributed by atoms with Gasteiger partial charge < -0.3 is 57.5 Å². The minimum atomic E-state index is -1.03. The van der Waals surface area contributed by atoms with Crippen LogP contribution in [0.5, 0.6) is 46.0 Å². The fraction of sp³-hybridized carbons (Fsp3) is 0.111. The van der Waals surface area contributed by atoms with Crippen LogP contribution in [0.1, 0.15) is 22.3 Å². The highest BCUT2D eigenvalue weighted by molar-refractivity contribution is 6.00. The molecule has 93 heavy (non-hydrogen) atoms. The molecule has 0 fully saturated rings. The van der Waals surface area contributed by atoms with Gasteiger partial charge in [-0.1, -0.05) is 48.5 Å². The van der Waals surface area contributed by atoms with Crippen LogP contribution in [-0.4, -0.2) is 56.9 Å². The number of hydrogen-bond donors (Lipinski definition) is 0. The summed E-state index contributed by atoms with van der Waals surface area (Å²) in [6.07, 6.45) is 0. The molecular formula is C81H68N4O8. The summed E-state index contributed by atoms with van der Waals surface area (Å²) in [5.74, 6) is 5.93. The Morgan fingerprint density at radius 2 is 0.366 bits per heavy atom. The lowest BCUT2D eigenvalue weighted by Crippen LogP contribution is -2.27. The number of anilines is 12. The zero-order chi connectivity index (χ0) is 63.7. The van der Waals surface area contributed by atoms with Crippen LogP contribution >= 0.6 is 0 Å². The summed E-state index contributed by atoms with van der Waals surface area (Å²) >= 11 is 0. The van der Waals surface area contributed by atoms with Gasteiger partial charge in [0, 0.05) is 92.5 Å². The summed E-state index contributed by atoms with van der Waals surface area (Å²) in [4.78, 5) is 9.18. The van der Waals surface area contributed by atoms with E-state index in [0.717, 1.165) is 159 Å². The molecular weight excluding hydrogens is 1160 g/mol. The van der Waals surface area contributed by atoms with Gasteiger partial charge >= 0.3 is 0 Å². The maximum atomic E-state index is 5.94. The monoisotopic (exact) mass is 1220 g/mol. The molecule has 0 N–H and O–H groups in total. The standard InChI is InChI=1S/C81H68N4O8/c1-86-65-33-21-53(22-34-65)82(57-13-9-17-69(45-57)90-5)61-29-41-73-74-42-30-62(83(54-23-35-66(87-2)36-24-54)58-14-10-18-70(46-58)91-6)50-78(74)81(77(73)49-61)79-51-63(84(55-25-37-67(88-3)38-26-55)59-15-11-19-71(47-59)92-7)31-43-75(79)76-44-32-64(52-80(76)81)85(56-27-39-68(89-4)40-28-56)60-16-12-20-72(48-60)93-8/h9-52H,1-8H3. The van der Waals surface area contributed by atoms with Gasteiger partial charge in [0.05, 0.1) is 62.3 Å². The van der Waals surface area contributed by atoms with Gasteiger partial charge in [-0.25, -0.2) is 0 Å². The first-order chi connectivity index (χ1) is 45.7. The first-order valence-electron chi connectivity index (χ1n) is 30.6. The van der Waals surface area contributed by atoms with Crippen molar-refractivity contribution in [2.75, 3.05) is 76.5 Å². The van der Waals surface area contributed by atoms with Gasteiger partial charge in [-0.15, -0.1) is 0 Å². The molecule has 2 aliphatic carbocycles. The molecule has 12 heteroatoms. The lowest BCUT2D eigenvalue weighted by Gasteiger charge is -2.35. The van der Waals surface area contributed by atoms with E-state index in [0.29, 0.717) is 0 Å². The van der Waals surface area contributed by atoms with Crippen molar-refractivity contribution in [1.29, 1.82) is 0 Å². The molecule has 0 unspecified atom stereocenters. The molecule has 12 nitrogen and oxygen atoms in total. The number of nitrogens with zero attached hydrogens (tertiary/aromatic N) is 4. The number of ether oxygens (including phenoxy) is 8. The summed E-state index contributed by atoms with van der Waals surface area (Å²) in [5, 5.41) is 0. The van der Waals surface area contributed by atoms with Gasteiger partial charge in [0.1, 0.15) is 46.0 Å². The van der Waals surface area contributed by atoms with Crippen LogP contribution in [0.15, 0.2) is 267 Å². The maximum Gasteiger partial charge on any atom is 0.120 e.